The molecule has 1 N–H and O–H groups in total. The zero-order valence-electron chi connectivity index (χ0n) is 12.9. The Morgan fingerprint density at radius 1 is 1.33 bits per heavy atom. The lowest BCUT2D eigenvalue weighted by molar-refractivity contribution is -0.385. The van der Waals surface area contributed by atoms with E-state index in [4.69, 9.17) is 9.47 Å². The van der Waals surface area contributed by atoms with Gasteiger partial charge in [0, 0.05) is 31.0 Å². The molecule has 0 spiro atoms. The average molecular weight is 296 g/mol. The molecule has 0 radical (unpaired) electrons. The van der Waals surface area contributed by atoms with E-state index in [9.17, 15) is 10.1 Å². The molecule has 1 aromatic rings. The maximum absolute atomic E-state index is 10.9. The van der Waals surface area contributed by atoms with E-state index in [1.807, 2.05) is 6.92 Å². The van der Waals surface area contributed by atoms with Crippen molar-refractivity contribution in [2.75, 3.05) is 31.7 Å². The normalized spacial score (nSPS) is 10.7. The first-order chi connectivity index (χ1) is 10.0. The van der Waals surface area contributed by atoms with E-state index in [0.717, 1.165) is 18.7 Å². The van der Waals surface area contributed by atoms with Gasteiger partial charge in [-0.25, -0.2) is 0 Å². The van der Waals surface area contributed by atoms with Crippen LogP contribution in [-0.4, -0.2) is 31.3 Å². The molecule has 0 bridgehead atoms. The van der Waals surface area contributed by atoms with Crippen LogP contribution < -0.4 is 10.1 Å². The fourth-order valence-electron chi connectivity index (χ4n) is 1.69. The van der Waals surface area contributed by atoms with Gasteiger partial charge in [-0.1, -0.05) is 20.8 Å². The van der Waals surface area contributed by atoms with Crippen molar-refractivity contribution in [3.05, 3.63) is 28.3 Å². The van der Waals surface area contributed by atoms with Crippen LogP contribution in [0.5, 0.6) is 5.75 Å². The highest BCUT2D eigenvalue weighted by Crippen LogP contribution is 2.30. The van der Waals surface area contributed by atoms with Gasteiger partial charge in [-0.3, -0.25) is 10.1 Å². The Hall–Kier alpha value is -1.82. The van der Waals surface area contributed by atoms with Gasteiger partial charge in [0.25, 0.3) is 0 Å². The molecular formula is C15H24N2O4. The highest BCUT2D eigenvalue weighted by Gasteiger charge is 2.15. The lowest BCUT2D eigenvalue weighted by Crippen LogP contribution is -2.12. The zero-order chi connectivity index (χ0) is 15.7. The SMILES string of the molecule is CCCOc1cc(NCCOCC(C)C)ccc1[N+](=O)[O-]. The van der Waals surface area contributed by atoms with Gasteiger partial charge in [-0.05, 0) is 18.4 Å². The van der Waals surface area contributed by atoms with E-state index in [2.05, 4.69) is 19.2 Å². The van der Waals surface area contributed by atoms with Crippen LogP contribution in [0.2, 0.25) is 0 Å². The van der Waals surface area contributed by atoms with Gasteiger partial charge in [0.15, 0.2) is 5.75 Å². The van der Waals surface area contributed by atoms with E-state index >= 15 is 0 Å². The van der Waals surface area contributed by atoms with Crippen LogP contribution in [0.1, 0.15) is 27.2 Å². The molecule has 0 fully saturated rings. The molecule has 0 atom stereocenters. The molecule has 118 valence electrons. The van der Waals surface area contributed by atoms with E-state index in [-0.39, 0.29) is 5.69 Å². The lowest BCUT2D eigenvalue weighted by atomic mass is 10.2. The monoisotopic (exact) mass is 296 g/mol. The molecule has 6 nitrogen and oxygen atoms in total. The Morgan fingerprint density at radius 3 is 2.71 bits per heavy atom. The molecule has 0 aromatic heterocycles. The maximum atomic E-state index is 10.9. The second kappa shape index (κ2) is 9.18. The number of nitrogens with one attached hydrogen (secondary N) is 1. The molecular weight excluding hydrogens is 272 g/mol. The molecule has 0 saturated carbocycles. The van der Waals surface area contributed by atoms with Crippen molar-refractivity contribution in [1.29, 1.82) is 0 Å². The van der Waals surface area contributed by atoms with Crippen molar-refractivity contribution in [2.24, 2.45) is 5.92 Å². The van der Waals surface area contributed by atoms with Gasteiger partial charge < -0.3 is 14.8 Å². The van der Waals surface area contributed by atoms with E-state index in [0.29, 0.717) is 31.4 Å². The quantitative estimate of drug-likeness (QED) is 0.406. The number of hydrogen-bond donors (Lipinski definition) is 1. The first kappa shape index (κ1) is 17.2. The predicted octanol–water partition coefficient (Wildman–Crippen LogP) is 3.47. The lowest BCUT2D eigenvalue weighted by Gasteiger charge is -2.11. The summed E-state index contributed by atoms with van der Waals surface area (Å²) in [6.45, 7) is 8.59. The van der Waals surface area contributed by atoms with Crippen molar-refractivity contribution in [1.82, 2.24) is 0 Å². The number of nitro benzene ring substituents is 1. The topological polar surface area (TPSA) is 73.6 Å². The summed E-state index contributed by atoms with van der Waals surface area (Å²) in [5.41, 5.74) is 0.782. The first-order valence-electron chi connectivity index (χ1n) is 7.27. The molecule has 6 heteroatoms. The van der Waals surface area contributed by atoms with Crippen LogP contribution in [0, 0.1) is 16.0 Å². The molecule has 21 heavy (non-hydrogen) atoms. The van der Waals surface area contributed by atoms with Crippen LogP contribution in [-0.2, 0) is 4.74 Å². The van der Waals surface area contributed by atoms with Gasteiger partial charge >= 0.3 is 5.69 Å². The number of nitrogens with zero attached hydrogens (tertiary/aromatic N) is 1. The number of benzene rings is 1. The summed E-state index contributed by atoms with van der Waals surface area (Å²) in [4.78, 5) is 10.5. The van der Waals surface area contributed by atoms with Gasteiger partial charge in [0.1, 0.15) is 0 Å². The van der Waals surface area contributed by atoms with Crippen molar-refractivity contribution in [3.8, 4) is 5.75 Å². The summed E-state index contributed by atoms with van der Waals surface area (Å²) in [7, 11) is 0. The number of anilines is 1. The predicted molar refractivity (Wildman–Crippen MR) is 83.0 cm³/mol. The van der Waals surface area contributed by atoms with Crippen LogP contribution in [0.4, 0.5) is 11.4 Å². The summed E-state index contributed by atoms with van der Waals surface area (Å²) in [6, 6.07) is 4.80. The number of nitro groups is 1. The van der Waals surface area contributed by atoms with E-state index < -0.39 is 4.92 Å². The molecule has 0 saturated heterocycles. The second-order valence-corrected chi connectivity index (χ2v) is 5.18. The minimum absolute atomic E-state index is 0.00921. The standard InChI is InChI=1S/C15H24N2O4/c1-4-8-21-15-10-13(5-6-14(15)17(18)19)16-7-9-20-11-12(2)3/h5-6,10,12,16H,4,7-9,11H2,1-3H3. The van der Waals surface area contributed by atoms with E-state index in [1.165, 1.54) is 6.07 Å². The van der Waals surface area contributed by atoms with Gasteiger partial charge in [-0.15, -0.1) is 0 Å². The van der Waals surface area contributed by atoms with Crippen molar-refractivity contribution >= 4 is 11.4 Å². The Kier molecular flexibility index (Phi) is 7.53. The first-order valence-corrected chi connectivity index (χ1v) is 7.27. The molecule has 1 aromatic carbocycles. The third kappa shape index (κ3) is 6.44. The Bertz CT molecular complexity index is 449. The average Bonchev–Trinajstić information content (AvgIpc) is 2.44. The fraction of sp³-hybridized carbons (Fsp3) is 0.600. The molecule has 0 heterocycles. The van der Waals surface area contributed by atoms with Crippen LogP contribution in [0.25, 0.3) is 0 Å². The summed E-state index contributed by atoms with van der Waals surface area (Å²) >= 11 is 0. The summed E-state index contributed by atoms with van der Waals surface area (Å²) in [6.07, 6.45) is 0.803. The van der Waals surface area contributed by atoms with Crippen LogP contribution in [0.3, 0.4) is 0 Å². The maximum Gasteiger partial charge on any atom is 0.311 e. The minimum atomic E-state index is -0.430. The summed E-state index contributed by atoms with van der Waals surface area (Å²) in [5.74, 6) is 0.813. The molecule has 0 amide bonds. The summed E-state index contributed by atoms with van der Waals surface area (Å²) < 4.78 is 10.9. The van der Waals surface area contributed by atoms with Crippen molar-refractivity contribution in [3.63, 3.8) is 0 Å². The zero-order valence-corrected chi connectivity index (χ0v) is 12.9. The second-order valence-electron chi connectivity index (χ2n) is 5.18. The Labute approximate surface area is 125 Å². The minimum Gasteiger partial charge on any atom is -0.487 e. The molecule has 0 aliphatic heterocycles. The largest absolute Gasteiger partial charge is 0.487 e. The van der Waals surface area contributed by atoms with Crippen molar-refractivity contribution < 1.29 is 14.4 Å². The molecule has 1 rings (SSSR count). The van der Waals surface area contributed by atoms with Gasteiger partial charge in [0.2, 0.25) is 0 Å². The molecule has 0 unspecified atom stereocenters. The number of ether oxygens (including phenoxy) is 2. The highest BCUT2D eigenvalue weighted by molar-refractivity contribution is 5.57. The Morgan fingerprint density at radius 2 is 2.10 bits per heavy atom. The van der Waals surface area contributed by atoms with Crippen LogP contribution in [0.15, 0.2) is 18.2 Å². The number of hydrogen-bond acceptors (Lipinski definition) is 5. The molecule has 0 aliphatic carbocycles. The van der Waals surface area contributed by atoms with Crippen LogP contribution >= 0.6 is 0 Å². The van der Waals surface area contributed by atoms with Crippen molar-refractivity contribution in [2.45, 2.75) is 27.2 Å². The summed E-state index contributed by atoms with van der Waals surface area (Å²) in [5, 5.41) is 14.1. The smallest absolute Gasteiger partial charge is 0.311 e. The fourth-order valence-corrected chi connectivity index (χ4v) is 1.69. The highest BCUT2D eigenvalue weighted by atomic mass is 16.6. The third-order valence-electron chi connectivity index (χ3n) is 2.64. The Balaban J connectivity index is 2.56. The van der Waals surface area contributed by atoms with Gasteiger partial charge in [-0.2, -0.15) is 0 Å². The number of rotatable bonds is 10. The van der Waals surface area contributed by atoms with E-state index in [1.54, 1.807) is 12.1 Å². The van der Waals surface area contributed by atoms with Gasteiger partial charge in [0.05, 0.1) is 18.1 Å². The molecule has 0 aliphatic rings. The third-order valence-corrected chi connectivity index (χ3v) is 2.64.